The van der Waals surface area contributed by atoms with Gasteiger partial charge in [0.1, 0.15) is 17.2 Å². The zero-order valence-electron chi connectivity index (χ0n) is 11.8. The molecule has 2 N–H and O–H groups in total. The number of ether oxygens (including phenoxy) is 2. The molecule has 2 aromatic rings. The van der Waals surface area contributed by atoms with Gasteiger partial charge in [-0.2, -0.15) is 0 Å². The van der Waals surface area contributed by atoms with Crippen molar-refractivity contribution in [3.8, 4) is 17.2 Å². The van der Waals surface area contributed by atoms with E-state index in [-0.39, 0.29) is 6.04 Å². The van der Waals surface area contributed by atoms with Crippen LogP contribution in [-0.2, 0) is 0 Å². The van der Waals surface area contributed by atoms with E-state index in [1.54, 1.807) is 7.11 Å². The van der Waals surface area contributed by atoms with Gasteiger partial charge in [0.15, 0.2) is 0 Å². The van der Waals surface area contributed by atoms with Crippen LogP contribution in [0.4, 0.5) is 0 Å². The molecule has 0 aromatic heterocycles. The number of benzene rings is 2. The number of nitrogens with two attached hydrogens (primary N) is 1. The van der Waals surface area contributed by atoms with Gasteiger partial charge in [0.05, 0.1) is 17.7 Å². The van der Waals surface area contributed by atoms with E-state index in [2.05, 4.69) is 0 Å². The lowest BCUT2D eigenvalue weighted by atomic mass is 10.1. The fraction of sp³-hybridized carbons (Fsp3) is 0.250. The Balaban J connectivity index is 2.45. The second-order valence-corrected chi connectivity index (χ2v) is 5.10. The van der Waals surface area contributed by atoms with Gasteiger partial charge in [-0.15, -0.1) is 0 Å². The van der Waals surface area contributed by atoms with Crippen LogP contribution < -0.4 is 15.2 Å². The van der Waals surface area contributed by atoms with Crippen molar-refractivity contribution in [2.45, 2.75) is 19.9 Å². The smallest absolute Gasteiger partial charge is 0.146 e. The molecule has 0 heterocycles. The predicted octanol–water partition coefficient (Wildman–Crippen LogP) is 4.47. The molecule has 4 heteroatoms. The van der Waals surface area contributed by atoms with E-state index in [4.69, 9.17) is 26.8 Å². The minimum Gasteiger partial charge on any atom is -0.496 e. The largest absolute Gasteiger partial charge is 0.496 e. The van der Waals surface area contributed by atoms with E-state index in [1.807, 2.05) is 50.2 Å². The molecule has 0 aliphatic heterocycles. The van der Waals surface area contributed by atoms with Crippen LogP contribution in [0, 0.1) is 6.92 Å². The second-order valence-electron chi connectivity index (χ2n) is 4.70. The van der Waals surface area contributed by atoms with Crippen molar-refractivity contribution in [3.63, 3.8) is 0 Å². The molecule has 106 valence electrons. The van der Waals surface area contributed by atoms with Crippen molar-refractivity contribution in [2.24, 2.45) is 5.73 Å². The number of hydrogen-bond donors (Lipinski definition) is 1. The Hall–Kier alpha value is -1.71. The molecule has 0 aliphatic carbocycles. The van der Waals surface area contributed by atoms with Crippen LogP contribution in [0.3, 0.4) is 0 Å². The zero-order valence-corrected chi connectivity index (χ0v) is 12.6. The number of aryl methyl sites for hydroxylation is 1. The summed E-state index contributed by atoms with van der Waals surface area (Å²) in [6, 6.07) is 11.0. The number of rotatable bonds is 4. The van der Waals surface area contributed by atoms with Crippen LogP contribution in [0.2, 0.25) is 5.02 Å². The third-order valence-electron chi connectivity index (χ3n) is 3.01. The summed E-state index contributed by atoms with van der Waals surface area (Å²) in [4.78, 5) is 0. The zero-order chi connectivity index (χ0) is 14.7. The van der Waals surface area contributed by atoms with Gasteiger partial charge < -0.3 is 15.2 Å². The second kappa shape index (κ2) is 6.16. The van der Waals surface area contributed by atoms with Gasteiger partial charge in [-0.1, -0.05) is 23.7 Å². The molecule has 1 unspecified atom stereocenters. The van der Waals surface area contributed by atoms with Gasteiger partial charge in [0.2, 0.25) is 0 Å². The molecule has 0 aliphatic rings. The molecule has 3 nitrogen and oxygen atoms in total. The molecule has 0 spiro atoms. The molecule has 0 bridgehead atoms. The fourth-order valence-corrected chi connectivity index (χ4v) is 2.20. The lowest BCUT2D eigenvalue weighted by molar-refractivity contribution is 0.397. The highest BCUT2D eigenvalue weighted by molar-refractivity contribution is 6.32. The van der Waals surface area contributed by atoms with Crippen LogP contribution in [-0.4, -0.2) is 7.11 Å². The van der Waals surface area contributed by atoms with E-state index >= 15 is 0 Å². The van der Waals surface area contributed by atoms with E-state index < -0.39 is 0 Å². The highest BCUT2D eigenvalue weighted by atomic mass is 35.5. The van der Waals surface area contributed by atoms with Gasteiger partial charge in [-0.05, 0) is 43.7 Å². The first kappa shape index (κ1) is 14.7. The maximum atomic E-state index is 6.16. The maximum absolute atomic E-state index is 6.16. The van der Waals surface area contributed by atoms with Crippen LogP contribution in [0.1, 0.15) is 24.1 Å². The van der Waals surface area contributed by atoms with Crippen LogP contribution in [0.25, 0.3) is 0 Å². The average molecular weight is 292 g/mol. The first-order valence-corrected chi connectivity index (χ1v) is 6.77. The summed E-state index contributed by atoms with van der Waals surface area (Å²) in [7, 11) is 1.62. The van der Waals surface area contributed by atoms with Crippen molar-refractivity contribution in [1.29, 1.82) is 0 Å². The van der Waals surface area contributed by atoms with Crippen molar-refractivity contribution in [2.75, 3.05) is 7.11 Å². The molecule has 20 heavy (non-hydrogen) atoms. The molecule has 0 saturated carbocycles. The van der Waals surface area contributed by atoms with E-state index in [1.165, 1.54) is 0 Å². The first-order valence-electron chi connectivity index (χ1n) is 6.39. The third kappa shape index (κ3) is 3.06. The van der Waals surface area contributed by atoms with Crippen LogP contribution >= 0.6 is 11.6 Å². The average Bonchev–Trinajstić information content (AvgIpc) is 2.42. The minimum absolute atomic E-state index is 0.204. The van der Waals surface area contributed by atoms with Crippen molar-refractivity contribution < 1.29 is 9.47 Å². The molecule has 2 aromatic carbocycles. The van der Waals surface area contributed by atoms with Crippen molar-refractivity contribution in [1.82, 2.24) is 0 Å². The summed E-state index contributed by atoms with van der Waals surface area (Å²) in [5.74, 6) is 1.98. The predicted molar refractivity (Wildman–Crippen MR) is 81.9 cm³/mol. The van der Waals surface area contributed by atoms with Crippen molar-refractivity contribution >= 4 is 11.6 Å². The van der Waals surface area contributed by atoms with Crippen molar-refractivity contribution in [3.05, 3.63) is 52.5 Å². The van der Waals surface area contributed by atoms with Gasteiger partial charge in [0.25, 0.3) is 0 Å². The van der Waals surface area contributed by atoms with Gasteiger partial charge in [-0.25, -0.2) is 0 Å². The Labute approximate surface area is 124 Å². The third-order valence-corrected chi connectivity index (χ3v) is 3.32. The summed E-state index contributed by atoms with van der Waals surface area (Å²) in [6.45, 7) is 3.88. The Morgan fingerprint density at radius 1 is 1.10 bits per heavy atom. The fourth-order valence-electron chi connectivity index (χ4n) is 2.05. The lowest BCUT2D eigenvalue weighted by Gasteiger charge is -2.17. The minimum atomic E-state index is -0.204. The Kier molecular flexibility index (Phi) is 4.53. The molecule has 0 amide bonds. The molecule has 0 saturated heterocycles. The Morgan fingerprint density at radius 3 is 2.45 bits per heavy atom. The van der Waals surface area contributed by atoms with Crippen LogP contribution in [0.5, 0.6) is 17.2 Å². The molecular weight excluding hydrogens is 274 g/mol. The number of halogens is 1. The van der Waals surface area contributed by atoms with E-state index in [0.717, 1.165) is 11.1 Å². The van der Waals surface area contributed by atoms with E-state index in [9.17, 15) is 0 Å². The summed E-state index contributed by atoms with van der Waals surface area (Å²) in [6.07, 6.45) is 0. The highest BCUT2D eigenvalue weighted by Gasteiger charge is 2.15. The monoisotopic (exact) mass is 291 g/mol. The highest BCUT2D eigenvalue weighted by Crippen LogP contribution is 2.37. The topological polar surface area (TPSA) is 44.5 Å². The Bertz CT molecular complexity index is 611. The quantitative estimate of drug-likeness (QED) is 0.904. The summed E-state index contributed by atoms with van der Waals surface area (Å²) in [5, 5.41) is 0.564. The Morgan fingerprint density at radius 2 is 1.80 bits per heavy atom. The lowest BCUT2D eigenvalue weighted by Crippen LogP contribution is -2.08. The van der Waals surface area contributed by atoms with Gasteiger partial charge >= 0.3 is 0 Å². The van der Waals surface area contributed by atoms with Gasteiger partial charge in [0, 0.05) is 6.04 Å². The molecule has 0 radical (unpaired) electrons. The van der Waals surface area contributed by atoms with E-state index in [0.29, 0.717) is 22.3 Å². The summed E-state index contributed by atoms with van der Waals surface area (Å²) in [5.41, 5.74) is 7.92. The normalized spacial score (nSPS) is 12.1. The molecule has 0 fully saturated rings. The number of methoxy groups -OCH3 is 1. The molecular formula is C16H18ClNO2. The summed E-state index contributed by atoms with van der Waals surface area (Å²) >= 11 is 6.16. The maximum Gasteiger partial charge on any atom is 0.146 e. The first-order chi connectivity index (χ1) is 9.52. The molecule has 2 rings (SSSR count). The van der Waals surface area contributed by atoms with Crippen LogP contribution in [0.15, 0.2) is 36.4 Å². The number of hydrogen-bond acceptors (Lipinski definition) is 3. The summed E-state index contributed by atoms with van der Waals surface area (Å²) < 4.78 is 11.3. The van der Waals surface area contributed by atoms with Gasteiger partial charge in [-0.3, -0.25) is 0 Å². The standard InChI is InChI=1S/C16H18ClNO2/c1-10-7-8-12(17)15(9-10)20-14-6-4-5-13(19-3)16(14)11(2)18/h4-9,11H,18H2,1-3H3. The molecule has 1 atom stereocenters. The SMILES string of the molecule is COc1cccc(Oc2cc(C)ccc2Cl)c1C(C)N.